The van der Waals surface area contributed by atoms with Gasteiger partial charge in [0.1, 0.15) is 0 Å². The number of aromatic carboxylic acids is 1. The molecule has 0 aromatic carbocycles. The van der Waals surface area contributed by atoms with Crippen LogP contribution in [0.25, 0.3) is 0 Å². The third-order valence-electron chi connectivity index (χ3n) is 1.86. The molecule has 1 unspecified atom stereocenters. The van der Waals surface area contributed by atoms with Crippen LogP contribution in [0.3, 0.4) is 0 Å². The Labute approximate surface area is 81.8 Å². The van der Waals surface area contributed by atoms with Crippen molar-refractivity contribution in [3.63, 3.8) is 0 Å². The topological polar surface area (TPSA) is 74.0 Å². The molecule has 1 heterocycles. The Hall–Kier alpha value is -1.89. The smallest absolute Gasteiger partial charge is 0.335 e. The highest BCUT2D eigenvalue weighted by Gasteiger charge is 2.10. The number of carboxylic acids is 1. The molecule has 0 spiro atoms. The number of nitriles is 1. The predicted molar refractivity (Wildman–Crippen MR) is 50.0 cm³/mol. The maximum Gasteiger partial charge on any atom is 0.335 e. The highest BCUT2D eigenvalue weighted by molar-refractivity contribution is 5.87. The summed E-state index contributed by atoms with van der Waals surface area (Å²) in [6, 6.07) is 4.93. The number of pyridine rings is 1. The Bertz CT molecular complexity index is 407. The lowest BCUT2D eigenvalue weighted by Crippen LogP contribution is -2.03. The molecular weight excluding hydrogens is 180 g/mol. The van der Waals surface area contributed by atoms with Gasteiger partial charge in [-0.25, -0.2) is 4.79 Å². The summed E-state index contributed by atoms with van der Waals surface area (Å²) in [5, 5.41) is 17.4. The second kappa shape index (κ2) is 3.88. The monoisotopic (exact) mass is 190 g/mol. The fourth-order valence-corrected chi connectivity index (χ4v) is 1.11. The molecule has 0 amide bonds. The second-order valence-electron chi connectivity index (χ2n) is 3.08. The van der Waals surface area contributed by atoms with Crippen molar-refractivity contribution < 1.29 is 9.90 Å². The van der Waals surface area contributed by atoms with Gasteiger partial charge in [-0.15, -0.1) is 0 Å². The van der Waals surface area contributed by atoms with E-state index in [-0.39, 0.29) is 11.5 Å². The number of aryl methyl sites for hydroxylation is 1. The van der Waals surface area contributed by atoms with Crippen molar-refractivity contribution in [3.8, 4) is 6.07 Å². The van der Waals surface area contributed by atoms with Crippen LogP contribution in [0.15, 0.2) is 12.1 Å². The molecule has 1 aromatic heterocycles. The van der Waals surface area contributed by atoms with Gasteiger partial charge in [0.15, 0.2) is 0 Å². The molecule has 0 aliphatic carbocycles. The molecule has 14 heavy (non-hydrogen) atoms. The van der Waals surface area contributed by atoms with Crippen LogP contribution < -0.4 is 0 Å². The zero-order chi connectivity index (χ0) is 10.7. The van der Waals surface area contributed by atoms with Gasteiger partial charge in [-0.3, -0.25) is 4.98 Å². The Kier molecular flexibility index (Phi) is 2.82. The Morgan fingerprint density at radius 1 is 1.64 bits per heavy atom. The highest BCUT2D eigenvalue weighted by Crippen LogP contribution is 2.14. The first-order valence-electron chi connectivity index (χ1n) is 4.16. The van der Waals surface area contributed by atoms with Crippen LogP contribution in [-0.4, -0.2) is 16.1 Å². The fourth-order valence-electron chi connectivity index (χ4n) is 1.11. The molecule has 0 aliphatic rings. The summed E-state index contributed by atoms with van der Waals surface area (Å²) < 4.78 is 0. The Morgan fingerprint density at radius 2 is 2.29 bits per heavy atom. The molecule has 0 saturated carbocycles. The van der Waals surface area contributed by atoms with Gasteiger partial charge < -0.3 is 5.11 Å². The molecule has 0 saturated heterocycles. The van der Waals surface area contributed by atoms with E-state index in [9.17, 15) is 4.79 Å². The Morgan fingerprint density at radius 3 is 2.79 bits per heavy atom. The number of carbonyl (C=O) groups is 1. The molecular formula is C10H10N2O2. The summed E-state index contributed by atoms with van der Waals surface area (Å²) in [6.07, 6.45) is 0. The molecule has 4 nitrogen and oxygen atoms in total. The van der Waals surface area contributed by atoms with Crippen LogP contribution in [0, 0.1) is 18.3 Å². The minimum Gasteiger partial charge on any atom is -0.478 e. The van der Waals surface area contributed by atoms with E-state index in [2.05, 4.69) is 4.98 Å². The van der Waals surface area contributed by atoms with E-state index in [0.29, 0.717) is 11.4 Å². The first kappa shape index (κ1) is 10.2. The van der Waals surface area contributed by atoms with E-state index in [1.165, 1.54) is 12.1 Å². The van der Waals surface area contributed by atoms with Gasteiger partial charge in [0.25, 0.3) is 0 Å². The predicted octanol–water partition coefficient (Wildman–Crippen LogP) is 1.72. The molecule has 1 rings (SSSR count). The third-order valence-corrected chi connectivity index (χ3v) is 1.86. The van der Waals surface area contributed by atoms with Gasteiger partial charge in [0.05, 0.1) is 23.2 Å². The maximum absolute atomic E-state index is 10.7. The quantitative estimate of drug-likeness (QED) is 0.770. The fraction of sp³-hybridized carbons (Fsp3) is 0.300. The SMILES string of the molecule is Cc1cc(C(=O)O)cc(C(C)C#N)n1. The van der Waals surface area contributed by atoms with Crippen LogP contribution in [0.4, 0.5) is 0 Å². The first-order chi connectivity index (χ1) is 6.54. The highest BCUT2D eigenvalue weighted by atomic mass is 16.4. The third kappa shape index (κ3) is 2.07. The lowest BCUT2D eigenvalue weighted by Gasteiger charge is -2.04. The minimum absolute atomic E-state index is 0.176. The average Bonchev–Trinajstić information content (AvgIpc) is 2.15. The molecule has 0 bridgehead atoms. The van der Waals surface area contributed by atoms with Crippen LogP contribution in [0.2, 0.25) is 0 Å². The number of hydrogen-bond donors (Lipinski definition) is 1. The molecule has 0 aliphatic heterocycles. The summed E-state index contributed by atoms with van der Waals surface area (Å²) in [5.74, 6) is -1.38. The number of nitrogens with zero attached hydrogens (tertiary/aromatic N) is 2. The molecule has 1 atom stereocenters. The average molecular weight is 190 g/mol. The molecule has 72 valence electrons. The van der Waals surface area contributed by atoms with Gasteiger partial charge in [-0.2, -0.15) is 5.26 Å². The van der Waals surface area contributed by atoms with Crippen molar-refractivity contribution >= 4 is 5.97 Å². The summed E-state index contributed by atoms with van der Waals surface area (Å²) in [4.78, 5) is 14.8. The van der Waals surface area contributed by atoms with Crippen LogP contribution in [0.1, 0.15) is 34.6 Å². The minimum atomic E-state index is -0.998. The Balaban J connectivity index is 3.21. The summed E-state index contributed by atoms with van der Waals surface area (Å²) in [6.45, 7) is 3.40. The van der Waals surface area contributed by atoms with E-state index in [0.717, 1.165) is 0 Å². The first-order valence-corrected chi connectivity index (χ1v) is 4.16. The maximum atomic E-state index is 10.7. The summed E-state index contributed by atoms with van der Waals surface area (Å²) in [7, 11) is 0. The van der Waals surface area contributed by atoms with E-state index in [4.69, 9.17) is 10.4 Å². The van der Waals surface area contributed by atoms with Crippen molar-refractivity contribution in [1.29, 1.82) is 5.26 Å². The van der Waals surface area contributed by atoms with Crippen molar-refractivity contribution in [1.82, 2.24) is 4.98 Å². The summed E-state index contributed by atoms with van der Waals surface area (Å²) in [5.41, 5.74) is 1.29. The molecule has 1 N–H and O–H groups in total. The van der Waals surface area contributed by atoms with E-state index in [1.54, 1.807) is 13.8 Å². The zero-order valence-electron chi connectivity index (χ0n) is 7.98. The van der Waals surface area contributed by atoms with Crippen molar-refractivity contribution in [2.75, 3.05) is 0 Å². The van der Waals surface area contributed by atoms with Gasteiger partial charge in [-0.1, -0.05) is 0 Å². The largest absolute Gasteiger partial charge is 0.478 e. The summed E-state index contributed by atoms with van der Waals surface area (Å²) >= 11 is 0. The van der Waals surface area contributed by atoms with Gasteiger partial charge in [0, 0.05) is 5.69 Å². The van der Waals surface area contributed by atoms with Crippen molar-refractivity contribution in [3.05, 3.63) is 29.1 Å². The number of hydrogen-bond acceptors (Lipinski definition) is 3. The molecule has 0 radical (unpaired) electrons. The zero-order valence-corrected chi connectivity index (χ0v) is 7.98. The van der Waals surface area contributed by atoms with Gasteiger partial charge >= 0.3 is 5.97 Å². The van der Waals surface area contributed by atoms with E-state index >= 15 is 0 Å². The second-order valence-corrected chi connectivity index (χ2v) is 3.08. The van der Waals surface area contributed by atoms with E-state index in [1.807, 2.05) is 6.07 Å². The van der Waals surface area contributed by atoms with Crippen molar-refractivity contribution in [2.24, 2.45) is 0 Å². The molecule has 4 heteroatoms. The lowest BCUT2D eigenvalue weighted by molar-refractivity contribution is 0.0696. The lowest BCUT2D eigenvalue weighted by atomic mass is 10.1. The van der Waals surface area contributed by atoms with Crippen LogP contribution >= 0.6 is 0 Å². The molecule has 1 aromatic rings. The van der Waals surface area contributed by atoms with Gasteiger partial charge in [0.2, 0.25) is 0 Å². The standard InChI is InChI=1S/C10H10N2O2/c1-6(5-11)9-4-8(10(13)14)3-7(2)12-9/h3-4,6H,1-2H3,(H,13,14). The van der Waals surface area contributed by atoms with Crippen LogP contribution in [0.5, 0.6) is 0 Å². The normalized spacial score (nSPS) is 11.8. The number of rotatable bonds is 2. The number of carboxylic acid groups (broad SMARTS) is 1. The van der Waals surface area contributed by atoms with Crippen molar-refractivity contribution in [2.45, 2.75) is 19.8 Å². The van der Waals surface area contributed by atoms with Crippen LogP contribution in [-0.2, 0) is 0 Å². The van der Waals surface area contributed by atoms with Gasteiger partial charge in [-0.05, 0) is 26.0 Å². The van der Waals surface area contributed by atoms with E-state index < -0.39 is 5.97 Å². The molecule has 0 fully saturated rings. The number of aromatic nitrogens is 1.